The van der Waals surface area contributed by atoms with E-state index < -0.39 is 0 Å². The maximum Gasteiger partial charge on any atom is 0.104 e. The Morgan fingerprint density at radius 3 is 1.16 bits per heavy atom. The van der Waals surface area contributed by atoms with E-state index in [1.54, 1.807) is 11.3 Å². The first-order chi connectivity index (χ1) is 42.2. The van der Waals surface area contributed by atoms with Crippen molar-refractivity contribution < 1.29 is 0 Å². The number of rotatable bonds is 6. The zero-order valence-corrected chi connectivity index (χ0v) is 46.3. The van der Waals surface area contributed by atoms with Gasteiger partial charge in [-0.3, -0.25) is 0 Å². The molecule has 0 radical (unpaired) electrons. The van der Waals surface area contributed by atoms with Crippen molar-refractivity contribution in [3.8, 4) is 57.1 Å². The van der Waals surface area contributed by atoms with Gasteiger partial charge in [-0.15, -0.1) is 11.3 Å². The lowest BCUT2D eigenvalue weighted by Gasteiger charge is -2.27. The number of aromatic nitrogens is 4. The van der Waals surface area contributed by atoms with Gasteiger partial charge < -0.3 is 18.3 Å². The molecule has 392 valence electrons. The van der Waals surface area contributed by atoms with Crippen LogP contribution in [0.25, 0.3) is 163 Å². The molecule has 0 spiro atoms. The van der Waals surface area contributed by atoms with Crippen LogP contribution in [0.2, 0.25) is 0 Å². The number of nitriles is 2. The average molecular weight is 1100 g/mol. The Bertz CT molecular complexity index is 5850. The van der Waals surface area contributed by atoms with Gasteiger partial charge in [0.1, 0.15) is 23.3 Å². The normalized spacial score (nSPS) is 12.0. The molecule has 6 nitrogen and oxygen atoms in total. The van der Waals surface area contributed by atoms with E-state index in [1.165, 1.54) is 10.1 Å². The van der Waals surface area contributed by atoms with Crippen molar-refractivity contribution >= 4 is 130 Å². The van der Waals surface area contributed by atoms with Gasteiger partial charge in [0.15, 0.2) is 0 Å². The third kappa shape index (κ3) is 6.50. The molecule has 85 heavy (non-hydrogen) atoms. The topological polar surface area (TPSA) is 67.3 Å². The van der Waals surface area contributed by atoms with Gasteiger partial charge in [0.25, 0.3) is 0 Å². The summed E-state index contributed by atoms with van der Waals surface area (Å²) in [4.78, 5) is 0. The van der Waals surface area contributed by atoms with Gasteiger partial charge in [-0.2, -0.15) is 10.5 Å². The van der Waals surface area contributed by atoms with Crippen LogP contribution in [-0.4, -0.2) is 18.3 Å². The van der Waals surface area contributed by atoms with Crippen molar-refractivity contribution in [2.24, 2.45) is 0 Å². The van der Waals surface area contributed by atoms with Crippen molar-refractivity contribution in [1.29, 1.82) is 10.5 Å². The SMILES string of the molecule is N#Cc1c(-n2c3ccccc3c3ccccc32)c(-n2c3ccccc3c3ccccc32)c(C#N)c(-n2c3cc(-c4c(-c5ccccc5)ccc5ccccc45)ccc3c3ccc4c5ccccc5sc4c32)c1-n1c2ccccc2c2ccccc21. The zero-order valence-electron chi connectivity index (χ0n) is 45.5. The maximum absolute atomic E-state index is 13.1. The van der Waals surface area contributed by atoms with Gasteiger partial charge in [-0.05, 0) is 81.6 Å². The van der Waals surface area contributed by atoms with E-state index in [-0.39, 0.29) is 0 Å². The first-order valence-corrected chi connectivity index (χ1v) is 29.4. The third-order valence-corrected chi connectivity index (χ3v) is 19.0. The summed E-state index contributed by atoms with van der Waals surface area (Å²) in [6, 6.07) is 101. The fourth-order valence-electron chi connectivity index (χ4n) is 14.4. The molecule has 13 aromatic carbocycles. The second-order valence-corrected chi connectivity index (χ2v) is 23.1. The van der Waals surface area contributed by atoms with Crippen LogP contribution >= 0.6 is 11.3 Å². The highest BCUT2D eigenvalue weighted by molar-refractivity contribution is 7.26. The van der Waals surface area contributed by atoms with Crippen molar-refractivity contribution in [1.82, 2.24) is 18.3 Å². The van der Waals surface area contributed by atoms with Crippen LogP contribution in [0.15, 0.2) is 267 Å². The highest BCUT2D eigenvalue weighted by Gasteiger charge is 2.35. The van der Waals surface area contributed by atoms with E-state index in [2.05, 4.69) is 297 Å². The Hall–Kier alpha value is -11.5. The van der Waals surface area contributed by atoms with Crippen LogP contribution in [0.5, 0.6) is 0 Å². The number of hydrogen-bond acceptors (Lipinski definition) is 3. The highest BCUT2D eigenvalue weighted by Crippen LogP contribution is 2.52. The van der Waals surface area contributed by atoms with Gasteiger partial charge in [-0.1, -0.05) is 218 Å². The molecule has 0 amide bonds. The minimum absolute atomic E-state index is 0.414. The predicted octanol–water partition coefficient (Wildman–Crippen LogP) is 20.7. The Kier molecular flexibility index (Phi) is 10.00. The largest absolute Gasteiger partial charge is 0.306 e. The summed E-state index contributed by atoms with van der Waals surface area (Å²) in [6.07, 6.45) is 0. The van der Waals surface area contributed by atoms with Crippen LogP contribution in [-0.2, 0) is 0 Å². The van der Waals surface area contributed by atoms with Crippen molar-refractivity contribution in [2.75, 3.05) is 0 Å². The fourth-order valence-corrected chi connectivity index (χ4v) is 15.6. The number of thiophene rings is 1. The summed E-state index contributed by atoms with van der Waals surface area (Å²) in [6.45, 7) is 0. The highest BCUT2D eigenvalue weighted by atomic mass is 32.1. The molecule has 0 aliphatic rings. The summed E-state index contributed by atoms with van der Waals surface area (Å²) in [5, 5.41) is 39.0. The standard InChI is InChI=1S/C78H44N6S/c79-45-62-73(81-64-31-13-6-24-52(64)53-25-7-14-32-65(53)81)74(82-66-33-15-8-26-54(66)55-27-9-16-34-67(55)82)63(46-80)76(75(62)83-68-35-17-10-28-56(68)57-29-11-18-36-69(57)83)84-70-44-49(72-50-23-5-4-22-48(50)38-40-51(72)47-20-2-1-3-21-47)39-41-58(70)60-42-43-61-59-30-12-19-37-71(59)85-78(61)77(60)84/h1-44H. The lowest BCUT2D eigenvalue weighted by molar-refractivity contribution is 1.03. The molecular weight excluding hydrogens is 1050 g/mol. The predicted molar refractivity (Wildman–Crippen MR) is 354 cm³/mol. The molecule has 18 aromatic rings. The number of para-hydroxylation sites is 6. The van der Waals surface area contributed by atoms with Crippen LogP contribution in [0, 0.1) is 22.7 Å². The van der Waals surface area contributed by atoms with Crippen molar-refractivity contribution in [3.63, 3.8) is 0 Å². The Labute approximate surface area is 490 Å². The molecule has 7 heteroatoms. The lowest BCUT2D eigenvalue weighted by Crippen LogP contribution is -2.16. The maximum atomic E-state index is 13.1. The van der Waals surface area contributed by atoms with Crippen LogP contribution in [0.4, 0.5) is 0 Å². The van der Waals surface area contributed by atoms with Crippen molar-refractivity contribution in [3.05, 3.63) is 278 Å². The van der Waals surface area contributed by atoms with Gasteiger partial charge in [-0.25, -0.2) is 0 Å². The summed E-state index contributed by atoms with van der Waals surface area (Å²) in [5.41, 5.74) is 15.0. The van der Waals surface area contributed by atoms with Crippen LogP contribution in [0.3, 0.4) is 0 Å². The Morgan fingerprint density at radius 2 is 0.671 bits per heavy atom. The first kappa shape index (κ1) is 47.2. The van der Waals surface area contributed by atoms with Gasteiger partial charge in [0.05, 0.1) is 71.6 Å². The lowest BCUT2D eigenvalue weighted by atomic mass is 9.89. The number of benzene rings is 13. The van der Waals surface area contributed by atoms with Crippen LogP contribution < -0.4 is 0 Å². The molecule has 0 saturated carbocycles. The van der Waals surface area contributed by atoms with Gasteiger partial charge in [0, 0.05) is 58.6 Å². The minimum atomic E-state index is 0.414. The molecule has 5 heterocycles. The molecular formula is C78H44N6S. The van der Waals surface area contributed by atoms with E-state index in [0.29, 0.717) is 33.9 Å². The van der Waals surface area contributed by atoms with E-state index in [9.17, 15) is 10.5 Å². The monoisotopic (exact) mass is 1100 g/mol. The quantitative estimate of drug-likeness (QED) is 0.166. The molecule has 0 atom stereocenters. The minimum Gasteiger partial charge on any atom is -0.306 e. The van der Waals surface area contributed by atoms with E-state index in [0.717, 1.165) is 130 Å². The van der Waals surface area contributed by atoms with Gasteiger partial charge >= 0.3 is 0 Å². The number of fused-ring (bicyclic) bond motifs is 17. The Balaban J connectivity index is 1.14. The molecule has 0 bridgehead atoms. The third-order valence-electron chi connectivity index (χ3n) is 17.8. The molecule has 0 saturated heterocycles. The zero-order chi connectivity index (χ0) is 56.0. The van der Waals surface area contributed by atoms with E-state index in [4.69, 9.17) is 0 Å². The summed E-state index contributed by atoms with van der Waals surface area (Å²) >= 11 is 1.77. The summed E-state index contributed by atoms with van der Waals surface area (Å²) < 4.78 is 11.5. The number of nitrogens with zero attached hydrogens (tertiary/aromatic N) is 6. The molecule has 0 N–H and O–H groups in total. The molecule has 0 fully saturated rings. The fraction of sp³-hybridized carbons (Fsp3) is 0. The van der Waals surface area contributed by atoms with E-state index in [1.807, 2.05) is 0 Å². The average Bonchev–Trinajstić information content (AvgIpc) is 1.98. The van der Waals surface area contributed by atoms with Crippen molar-refractivity contribution in [2.45, 2.75) is 0 Å². The number of hydrogen-bond donors (Lipinski definition) is 0. The molecule has 0 unspecified atom stereocenters. The summed E-state index contributed by atoms with van der Waals surface area (Å²) in [7, 11) is 0. The van der Waals surface area contributed by atoms with E-state index >= 15 is 0 Å². The second-order valence-electron chi connectivity index (χ2n) is 22.1. The Morgan fingerprint density at radius 1 is 0.282 bits per heavy atom. The van der Waals surface area contributed by atoms with Crippen LogP contribution in [0.1, 0.15) is 11.1 Å². The molecule has 18 rings (SSSR count). The molecule has 5 aromatic heterocycles. The molecule has 0 aliphatic carbocycles. The molecule has 0 aliphatic heterocycles. The van der Waals surface area contributed by atoms with Gasteiger partial charge in [0.2, 0.25) is 0 Å². The summed E-state index contributed by atoms with van der Waals surface area (Å²) in [5.74, 6) is 0. The smallest absolute Gasteiger partial charge is 0.104 e. The first-order valence-electron chi connectivity index (χ1n) is 28.6. The second kappa shape index (κ2) is 18.0.